The lowest BCUT2D eigenvalue weighted by Crippen LogP contribution is -2.36. The highest BCUT2D eigenvalue weighted by molar-refractivity contribution is 4.93. The third kappa shape index (κ3) is 2.76. The molecule has 2 aliphatic rings. The number of hydrogen-bond acceptors (Lipinski definition) is 3. The van der Waals surface area contributed by atoms with Crippen molar-refractivity contribution in [3.63, 3.8) is 0 Å². The molecule has 2 rings (SSSR count). The van der Waals surface area contributed by atoms with Crippen LogP contribution < -0.4 is 0 Å². The van der Waals surface area contributed by atoms with E-state index in [1.54, 1.807) is 0 Å². The summed E-state index contributed by atoms with van der Waals surface area (Å²) in [7, 11) is 0. The first kappa shape index (κ1) is 12.3. The van der Waals surface area contributed by atoms with Gasteiger partial charge in [0.2, 0.25) is 0 Å². The van der Waals surface area contributed by atoms with E-state index in [0.29, 0.717) is 6.10 Å². The van der Waals surface area contributed by atoms with E-state index < -0.39 is 0 Å². The van der Waals surface area contributed by atoms with Crippen molar-refractivity contribution in [3.05, 3.63) is 0 Å². The molecular weight excluding hydrogens is 202 g/mol. The van der Waals surface area contributed by atoms with Crippen LogP contribution in [0, 0.1) is 0 Å². The molecule has 1 unspecified atom stereocenters. The predicted molar refractivity (Wildman–Crippen MR) is 64.5 cm³/mol. The standard InChI is InChI=1S/C13H25NO2/c1-2-14(9-10-15)11-12-5-8-13(16-12)6-3-4-7-13/h12,15H,2-11H2,1H3. The maximum absolute atomic E-state index is 8.96. The van der Waals surface area contributed by atoms with Gasteiger partial charge in [0.25, 0.3) is 0 Å². The molecule has 1 heterocycles. The topological polar surface area (TPSA) is 32.7 Å². The number of likely N-dealkylation sites (N-methyl/N-ethyl adjacent to an activating group) is 1. The Labute approximate surface area is 98.8 Å². The van der Waals surface area contributed by atoms with E-state index in [1.807, 2.05) is 0 Å². The van der Waals surface area contributed by atoms with E-state index in [0.717, 1.165) is 19.6 Å². The van der Waals surface area contributed by atoms with Crippen molar-refractivity contribution in [2.24, 2.45) is 0 Å². The zero-order valence-corrected chi connectivity index (χ0v) is 10.5. The molecule has 1 aliphatic heterocycles. The molecule has 0 aromatic rings. The maximum atomic E-state index is 8.96. The van der Waals surface area contributed by atoms with Crippen LogP contribution >= 0.6 is 0 Å². The summed E-state index contributed by atoms with van der Waals surface area (Å²) in [6.45, 7) is 5.19. The summed E-state index contributed by atoms with van der Waals surface area (Å²) in [6, 6.07) is 0. The highest BCUT2D eigenvalue weighted by Crippen LogP contribution is 2.43. The molecule has 0 amide bonds. The Morgan fingerprint density at radius 1 is 1.31 bits per heavy atom. The molecule has 0 bridgehead atoms. The van der Waals surface area contributed by atoms with Crippen LogP contribution in [0.1, 0.15) is 45.4 Å². The highest BCUT2D eigenvalue weighted by atomic mass is 16.5. The molecule has 94 valence electrons. The van der Waals surface area contributed by atoms with Crippen LogP contribution in [0.3, 0.4) is 0 Å². The summed E-state index contributed by atoms with van der Waals surface area (Å²) in [6.07, 6.45) is 8.12. The first-order valence-electron chi connectivity index (χ1n) is 6.79. The van der Waals surface area contributed by atoms with Gasteiger partial charge in [0.05, 0.1) is 18.3 Å². The molecule has 1 aliphatic carbocycles. The number of aliphatic hydroxyl groups excluding tert-OH is 1. The van der Waals surface area contributed by atoms with Gasteiger partial charge in [0.15, 0.2) is 0 Å². The average Bonchev–Trinajstić information content (AvgIpc) is 2.90. The number of aliphatic hydroxyl groups is 1. The summed E-state index contributed by atoms with van der Waals surface area (Å²) in [4.78, 5) is 2.29. The fourth-order valence-corrected chi connectivity index (χ4v) is 3.22. The van der Waals surface area contributed by atoms with Crippen LogP contribution in [-0.2, 0) is 4.74 Å². The van der Waals surface area contributed by atoms with Crippen LogP contribution in [0.4, 0.5) is 0 Å². The Morgan fingerprint density at radius 3 is 2.69 bits per heavy atom. The summed E-state index contributed by atoms with van der Waals surface area (Å²) in [5.41, 5.74) is 0.253. The molecule has 1 saturated carbocycles. The van der Waals surface area contributed by atoms with Gasteiger partial charge in [0, 0.05) is 13.1 Å². The molecule has 16 heavy (non-hydrogen) atoms. The van der Waals surface area contributed by atoms with Crippen LogP contribution in [0.2, 0.25) is 0 Å². The lowest BCUT2D eigenvalue weighted by molar-refractivity contribution is -0.0477. The van der Waals surface area contributed by atoms with E-state index in [2.05, 4.69) is 11.8 Å². The molecule has 0 aromatic heterocycles. The van der Waals surface area contributed by atoms with Crippen molar-refractivity contribution in [1.29, 1.82) is 0 Å². The SMILES string of the molecule is CCN(CCO)CC1CCC2(CCCC2)O1. The summed E-state index contributed by atoms with van der Waals surface area (Å²) in [5.74, 6) is 0. The Morgan fingerprint density at radius 2 is 2.06 bits per heavy atom. The maximum Gasteiger partial charge on any atom is 0.0710 e. The zero-order chi connectivity index (χ0) is 11.4. The minimum absolute atomic E-state index is 0.253. The highest BCUT2D eigenvalue weighted by Gasteiger charge is 2.42. The lowest BCUT2D eigenvalue weighted by atomic mass is 9.98. The molecule has 1 N–H and O–H groups in total. The third-order valence-electron chi connectivity index (χ3n) is 4.18. The normalized spacial score (nSPS) is 28.3. The quantitative estimate of drug-likeness (QED) is 0.777. The Bertz CT molecular complexity index is 214. The molecule has 1 spiro atoms. The van der Waals surface area contributed by atoms with Crippen molar-refractivity contribution in [1.82, 2.24) is 4.90 Å². The van der Waals surface area contributed by atoms with Crippen molar-refractivity contribution < 1.29 is 9.84 Å². The van der Waals surface area contributed by atoms with E-state index in [1.165, 1.54) is 38.5 Å². The van der Waals surface area contributed by atoms with Crippen LogP contribution in [0.5, 0.6) is 0 Å². The van der Waals surface area contributed by atoms with E-state index in [-0.39, 0.29) is 12.2 Å². The fourth-order valence-electron chi connectivity index (χ4n) is 3.22. The van der Waals surface area contributed by atoms with Gasteiger partial charge in [-0.15, -0.1) is 0 Å². The van der Waals surface area contributed by atoms with Crippen LogP contribution in [-0.4, -0.2) is 48.0 Å². The van der Waals surface area contributed by atoms with Crippen LogP contribution in [0.25, 0.3) is 0 Å². The minimum atomic E-state index is 0.253. The summed E-state index contributed by atoms with van der Waals surface area (Å²) >= 11 is 0. The Balaban J connectivity index is 1.79. The molecule has 2 fully saturated rings. The first-order valence-corrected chi connectivity index (χ1v) is 6.79. The molecule has 0 radical (unpaired) electrons. The minimum Gasteiger partial charge on any atom is -0.395 e. The van der Waals surface area contributed by atoms with Gasteiger partial charge in [-0.2, -0.15) is 0 Å². The first-order chi connectivity index (χ1) is 7.78. The van der Waals surface area contributed by atoms with Gasteiger partial charge in [-0.3, -0.25) is 4.90 Å². The average molecular weight is 227 g/mol. The van der Waals surface area contributed by atoms with Gasteiger partial charge in [-0.1, -0.05) is 19.8 Å². The zero-order valence-electron chi connectivity index (χ0n) is 10.5. The van der Waals surface area contributed by atoms with Gasteiger partial charge >= 0.3 is 0 Å². The molecule has 1 atom stereocenters. The second-order valence-corrected chi connectivity index (χ2v) is 5.29. The van der Waals surface area contributed by atoms with Gasteiger partial charge in [-0.25, -0.2) is 0 Å². The number of hydrogen-bond donors (Lipinski definition) is 1. The van der Waals surface area contributed by atoms with Crippen molar-refractivity contribution in [2.45, 2.75) is 57.2 Å². The summed E-state index contributed by atoms with van der Waals surface area (Å²) in [5, 5.41) is 8.96. The molecule has 0 aromatic carbocycles. The largest absolute Gasteiger partial charge is 0.395 e. The lowest BCUT2D eigenvalue weighted by Gasteiger charge is -2.27. The summed E-state index contributed by atoms with van der Waals surface area (Å²) < 4.78 is 6.27. The van der Waals surface area contributed by atoms with Gasteiger partial charge in [0.1, 0.15) is 0 Å². The third-order valence-corrected chi connectivity index (χ3v) is 4.18. The smallest absolute Gasteiger partial charge is 0.0710 e. The molecule has 3 nitrogen and oxygen atoms in total. The molecule has 1 saturated heterocycles. The van der Waals surface area contributed by atoms with Crippen LogP contribution in [0.15, 0.2) is 0 Å². The second kappa shape index (κ2) is 5.48. The number of ether oxygens (including phenoxy) is 1. The van der Waals surface area contributed by atoms with Gasteiger partial charge < -0.3 is 9.84 Å². The Kier molecular flexibility index (Phi) is 4.22. The molecular formula is C13H25NO2. The van der Waals surface area contributed by atoms with Gasteiger partial charge in [-0.05, 0) is 32.2 Å². The predicted octanol–water partition coefficient (Wildman–Crippen LogP) is 1.79. The van der Waals surface area contributed by atoms with E-state index in [9.17, 15) is 0 Å². The van der Waals surface area contributed by atoms with E-state index in [4.69, 9.17) is 9.84 Å². The monoisotopic (exact) mass is 227 g/mol. The fraction of sp³-hybridized carbons (Fsp3) is 1.00. The number of rotatable bonds is 5. The van der Waals surface area contributed by atoms with Crippen molar-refractivity contribution in [2.75, 3.05) is 26.2 Å². The van der Waals surface area contributed by atoms with E-state index >= 15 is 0 Å². The van der Waals surface area contributed by atoms with Crippen molar-refractivity contribution >= 4 is 0 Å². The second-order valence-electron chi connectivity index (χ2n) is 5.29. The number of nitrogens with zero attached hydrogens (tertiary/aromatic N) is 1. The Hall–Kier alpha value is -0.120. The van der Waals surface area contributed by atoms with Crippen molar-refractivity contribution in [3.8, 4) is 0 Å². The molecule has 3 heteroatoms.